The second-order valence-corrected chi connectivity index (χ2v) is 3.60. The summed E-state index contributed by atoms with van der Waals surface area (Å²) in [6.45, 7) is 2.27. The molecular formula is C11H18N2O2. The van der Waals surface area contributed by atoms with E-state index < -0.39 is 0 Å². The van der Waals surface area contributed by atoms with Crippen LogP contribution in [0.1, 0.15) is 25.3 Å². The Hall–Kier alpha value is -1.13. The molecule has 1 atom stereocenters. The molecule has 0 aliphatic rings. The number of nitrogens with one attached hydrogen (secondary N) is 1. The highest BCUT2D eigenvalue weighted by atomic mass is 16.3. The number of hydrogen-bond acceptors (Lipinski definition) is 4. The van der Waals surface area contributed by atoms with Crippen LogP contribution in [0, 0.1) is 0 Å². The number of aromatic nitrogens is 1. The van der Waals surface area contributed by atoms with Crippen molar-refractivity contribution in [3.8, 4) is 0 Å². The molecule has 3 N–H and O–H groups in total. The molecule has 15 heavy (non-hydrogen) atoms. The smallest absolute Gasteiger partial charge is 0.0703 e. The van der Waals surface area contributed by atoms with Crippen molar-refractivity contribution >= 4 is 5.69 Å². The Kier molecular flexibility index (Phi) is 5.07. The maximum Gasteiger partial charge on any atom is 0.0703 e. The monoisotopic (exact) mass is 210 g/mol. The van der Waals surface area contributed by atoms with Gasteiger partial charge in [0.05, 0.1) is 18.5 Å². The summed E-state index contributed by atoms with van der Waals surface area (Å²) in [5.74, 6) is 0. The molecule has 1 aromatic rings. The molecule has 0 amide bonds. The van der Waals surface area contributed by atoms with E-state index in [0.29, 0.717) is 0 Å². The lowest BCUT2D eigenvalue weighted by Gasteiger charge is -2.16. The molecule has 0 aliphatic carbocycles. The van der Waals surface area contributed by atoms with E-state index in [9.17, 15) is 0 Å². The van der Waals surface area contributed by atoms with Crippen molar-refractivity contribution in [1.82, 2.24) is 4.98 Å². The third-order valence-corrected chi connectivity index (χ3v) is 2.28. The van der Waals surface area contributed by atoms with Crippen molar-refractivity contribution in [2.75, 3.05) is 11.9 Å². The van der Waals surface area contributed by atoms with Gasteiger partial charge in [0.15, 0.2) is 0 Å². The van der Waals surface area contributed by atoms with Crippen LogP contribution in [0.4, 0.5) is 5.69 Å². The molecule has 0 fully saturated rings. The fourth-order valence-corrected chi connectivity index (χ4v) is 1.43. The van der Waals surface area contributed by atoms with Crippen LogP contribution in [0.5, 0.6) is 0 Å². The summed E-state index contributed by atoms with van der Waals surface area (Å²) in [6, 6.07) is 2.06. The Morgan fingerprint density at radius 1 is 1.47 bits per heavy atom. The van der Waals surface area contributed by atoms with Gasteiger partial charge in [0.2, 0.25) is 0 Å². The second kappa shape index (κ2) is 6.37. The largest absolute Gasteiger partial charge is 0.396 e. The number of rotatable bonds is 6. The number of hydrogen-bond donors (Lipinski definition) is 3. The molecule has 0 spiro atoms. The summed E-state index contributed by atoms with van der Waals surface area (Å²) in [5, 5.41) is 21.1. The fraction of sp³-hybridized carbons (Fsp3) is 0.545. The van der Waals surface area contributed by atoms with E-state index in [1.807, 2.05) is 6.92 Å². The van der Waals surface area contributed by atoms with Gasteiger partial charge in [-0.2, -0.15) is 0 Å². The zero-order valence-corrected chi connectivity index (χ0v) is 8.98. The van der Waals surface area contributed by atoms with Crippen LogP contribution in [0.2, 0.25) is 0 Å². The lowest BCUT2D eigenvalue weighted by atomic mass is 10.1. The number of aliphatic hydroxyl groups excluding tert-OH is 2. The Bertz CT molecular complexity index is 292. The zero-order chi connectivity index (χ0) is 11.1. The average Bonchev–Trinajstić information content (AvgIpc) is 2.27. The first-order valence-electron chi connectivity index (χ1n) is 5.19. The maximum absolute atomic E-state index is 9.10. The van der Waals surface area contributed by atoms with E-state index in [0.717, 1.165) is 24.1 Å². The predicted octanol–water partition coefficient (Wildman–Crippen LogP) is 1.15. The maximum atomic E-state index is 9.10. The molecule has 1 aromatic heterocycles. The van der Waals surface area contributed by atoms with Gasteiger partial charge < -0.3 is 15.5 Å². The first-order valence-corrected chi connectivity index (χ1v) is 5.19. The molecule has 4 heteroatoms. The molecule has 1 unspecified atom stereocenters. The summed E-state index contributed by atoms with van der Waals surface area (Å²) in [6.07, 6.45) is 5.05. The van der Waals surface area contributed by atoms with Crippen molar-refractivity contribution in [1.29, 1.82) is 0 Å². The number of aliphatic hydroxyl groups is 2. The van der Waals surface area contributed by atoms with Crippen LogP contribution in [0.15, 0.2) is 18.5 Å². The van der Waals surface area contributed by atoms with E-state index >= 15 is 0 Å². The van der Waals surface area contributed by atoms with Gasteiger partial charge in [-0.15, -0.1) is 0 Å². The molecule has 0 radical (unpaired) electrons. The molecule has 0 aliphatic heterocycles. The lowest BCUT2D eigenvalue weighted by Crippen LogP contribution is -2.16. The standard InChI is InChI=1S/C11H18N2O2/c1-9(3-2-6-14)13-11-7-12-5-4-10(11)8-15/h4-5,7,9,13-15H,2-3,6,8H2,1H3. The average molecular weight is 210 g/mol. The summed E-state index contributed by atoms with van der Waals surface area (Å²) in [5.41, 5.74) is 1.71. The molecule has 1 rings (SSSR count). The number of anilines is 1. The van der Waals surface area contributed by atoms with Crippen LogP contribution in [0.25, 0.3) is 0 Å². The zero-order valence-electron chi connectivity index (χ0n) is 8.98. The number of pyridine rings is 1. The first-order chi connectivity index (χ1) is 7.27. The van der Waals surface area contributed by atoms with E-state index in [1.54, 1.807) is 18.5 Å². The normalized spacial score (nSPS) is 12.5. The van der Waals surface area contributed by atoms with Crippen LogP contribution in [0.3, 0.4) is 0 Å². The van der Waals surface area contributed by atoms with Gasteiger partial charge >= 0.3 is 0 Å². The third-order valence-electron chi connectivity index (χ3n) is 2.28. The highest BCUT2D eigenvalue weighted by molar-refractivity contribution is 5.49. The first kappa shape index (κ1) is 11.9. The predicted molar refractivity (Wildman–Crippen MR) is 59.6 cm³/mol. The molecule has 1 heterocycles. The van der Waals surface area contributed by atoms with Crippen molar-refractivity contribution in [3.63, 3.8) is 0 Å². The second-order valence-electron chi connectivity index (χ2n) is 3.60. The van der Waals surface area contributed by atoms with Gasteiger partial charge in [-0.25, -0.2) is 0 Å². The molecular weight excluding hydrogens is 192 g/mol. The Morgan fingerprint density at radius 3 is 2.93 bits per heavy atom. The third kappa shape index (κ3) is 3.85. The summed E-state index contributed by atoms with van der Waals surface area (Å²) in [4.78, 5) is 4.00. The van der Waals surface area contributed by atoms with Crippen LogP contribution >= 0.6 is 0 Å². The van der Waals surface area contributed by atoms with Crippen LogP contribution in [-0.2, 0) is 6.61 Å². The fourth-order valence-electron chi connectivity index (χ4n) is 1.43. The summed E-state index contributed by atoms with van der Waals surface area (Å²) < 4.78 is 0. The molecule has 0 saturated carbocycles. The van der Waals surface area contributed by atoms with Gasteiger partial charge in [0.1, 0.15) is 0 Å². The minimum atomic E-state index is 0.0115. The van der Waals surface area contributed by atoms with Gasteiger partial charge in [0, 0.05) is 24.4 Å². The quantitative estimate of drug-likeness (QED) is 0.659. The van der Waals surface area contributed by atoms with Crippen molar-refractivity contribution in [2.45, 2.75) is 32.4 Å². The molecule has 0 saturated heterocycles. The van der Waals surface area contributed by atoms with Crippen molar-refractivity contribution in [2.24, 2.45) is 0 Å². The SMILES string of the molecule is CC(CCCO)Nc1cnccc1CO. The van der Waals surface area contributed by atoms with E-state index in [4.69, 9.17) is 10.2 Å². The van der Waals surface area contributed by atoms with E-state index in [2.05, 4.69) is 10.3 Å². The highest BCUT2D eigenvalue weighted by Crippen LogP contribution is 2.15. The molecule has 0 bridgehead atoms. The molecule has 0 aromatic carbocycles. The topological polar surface area (TPSA) is 65.4 Å². The Morgan fingerprint density at radius 2 is 2.27 bits per heavy atom. The highest BCUT2D eigenvalue weighted by Gasteiger charge is 2.05. The Balaban J connectivity index is 2.55. The van der Waals surface area contributed by atoms with Crippen LogP contribution in [-0.4, -0.2) is 27.8 Å². The minimum Gasteiger partial charge on any atom is -0.396 e. The van der Waals surface area contributed by atoms with Gasteiger partial charge in [0.25, 0.3) is 0 Å². The molecule has 84 valence electrons. The van der Waals surface area contributed by atoms with Gasteiger partial charge in [-0.1, -0.05) is 0 Å². The minimum absolute atomic E-state index is 0.0115. The van der Waals surface area contributed by atoms with E-state index in [-0.39, 0.29) is 19.3 Å². The van der Waals surface area contributed by atoms with Crippen molar-refractivity contribution in [3.05, 3.63) is 24.0 Å². The van der Waals surface area contributed by atoms with E-state index in [1.165, 1.54) is 0 Å². The van der Waals surface area contributed by atoms with Crippen molar-refractivity contribution < 1.29 is 10.2 Å². The molecule has 4 nitrogen and oxygen atoms in total. The van der Waals surface area contributed by atoms with Gasteiger partial charge in [-0.05, 0) is 25.8 Å². The van der Waals surface area contributed by atoms with Gasteiger partial charge in [-0.3, -0.25) is 4.98 Å². The summed E-state index contributed by atoms with van der Waals surface area (Å²) in [7, 11) is 0. The number of nitrogens with zero attached hydrogens (tertiary/aromatic N) is 1. The summed E-state index contributed by atoms with van der Waals surface area (Å²) >= 11 is 0. The lowest BCUT2D eigenvalue weighted by molar-refractivity contribution is 0.280. The van der Waals surface area contributed by atoms with Crippen LogP contribution < -0.4 is 5.32 Å². The Labute approximate surface area is 90.0 Å².